The molecule has 0 aliphatic carbocycles. The second kappa shape index (κ2) is 5.90. The van der Waals surface area contributed by atoms with E-state index in [2.05, 4.69) is 9.71 Å². The lowest BCUT2D eigenvalue weighted by molar-refractivity contribution is 0.570. The van der Waals surface area contributed by atoms with E-state index in [-0.39, 0.29) is 16.0 Å². The summed E-state index contributed by atoms with van der Waals surface area (Å²) in [7, 11) is -3.64. The SMILES string of the molecule is CSCC(C)NS(=O)(=O)c1c[nH]c(=O)c(Cl)c1. The molecular weight excluding hydrogens is 284 g/mol. The van der Waals surface area contributed by atoms with Crippen LogP contribution in [0.3, 0.4) is 0 Å². The van der Waals surface area contributed by atoms with Crippen LogP contribution in [-0.2, 0) is 10.0 Å². The van der Waals surface area contributed by atoms with Gasteiger partial charge in [-0.1, -0.05) is 11.6 Å². The molecule has 17 heavy (non-hydrogen) atoms. The fourth-order valence-electron chi connectivity index (χ4n) is 1.21. The molecule has 1 rings (SSSR count). The Morgan fingerprint density at radius 1 is 1.59 bits per heavy atom. The molecular formula is C9H13ClN2O3S2. The number of halogens is 1. The molecule has 1 unspecified atom stereocenters. The number of H-pyrrole nitrogens is 1. The molecule has 5 nitrogen and oxygen atoms in total. The van der Waals surface area contributed by atoms with Crippen LogP contribution in [0.15, 0.2) is 22.0 Å². The number of pyridine rings is 1. The molecule has 0 radical (unpaired) electrons. The lowest BCUT2D eigenvalue weighted by atomic mass is 10.4. The van der Waals surface area contributed by atoms with Gasteiger partial charge in [0.25, 0.3) is 5.56 Å². The van der Waals surface area contributed by atoms with E-state index in [1.807, 2.05) is 6.26 Å². The number of thioether (sulfide) groups is 1. The van der Waals surface area contributed by atoms with Crippen molar-refractivity contribution in [1.82, 2.24) is 9.71 Å². The van der Waals surface area contributed by atoms with Crippen LogP contribution in [0, 0.1) is 0 Å². The van der Waals surface area contributed by atoms with Gasteiger partial charge < -0.3 is 4.98 Å². The normalized spacial score (nSPS) is 13.6. The highest BCUT2D eigenvalue weighted by molar-refractivity contribution is 7.98. The first-order chi connectivity index (χ1) is 7.86. The van der Waals surface area contributed by atoms with E-state index < -0.39 is 15.6 Å². The number of sulfonamides is 1. The van der Waals surface area contributed by atoms with Gasteiger partial charge in [0, 0.05) is 18.0 Å². The molecule has 0 amide bonds. The van der Waals surface area contributed by atoms with Crippen LogP contribution in [0.25, 0.3) is 0 Å². The van der Waals surface area contributed by atoms with Gasteiger partial charge in [-0.15, -0.1) is 0 Å². The number of nitrogens with one attached hydrogen (secondary N) is 2. The Morgan fingerprint density at radius 3 is 2.76 bits per heavy atom. The third-order valence-electron chi connectivity index (χ3n) is 1.91. The number of hydrogen-bond donors (Lipinski definition) is 2. The van der Waals surface area contributed by atoms with Gasteiger partial charge in [-0.25, -0.2) is 13.1 Å². The molecule has 0 aliphatic rings. The number of aromatic amines is 1. The van der Waals surface area contributed by atoms with Gasteiger partial charge in [0.2, 0.25) is 10.0 Å². The minimum absolute atomic E-state index is 0.0462. The summed E-state index contributed by atoms with van der Waals surface area (Å²) < 4.78 is 26.3. The average Bonchev–Trinajstić information content (AvgIpc) is 2.21. The predicted molar refractivity (Wildman–Crippen MR) is 70.2 cm³/mol. The first-order valence-corrected chi connectivity index (χ1v) is 8.02. The Morgan fingerprint density at radius 2 is 2.24 bits per heavy atom. The molecule has 0 aliphatic heterocycles. The van der Waals surface area contributed by atoms with Gasteiger partial charge in [0.05, 0.1) is 4.90 Å². The topological polar surface area (TPSA) is 79.0 Å². The molecule has 0 fully saturated rings. The maximum Gasteiger partial charge on any atom is 0.266 e. The van der Waals surface area contributed by atoms with Gasteiger partial charge in [0.15, 0.2) is 0 Å². The second-order valence-electron chi connectivity index (χ2n) is 3.49. The van der Waals surface area contributed by atoms with Crippen molar-refractivity contribution in [2.75, 3.05) is 12.0 Å². The van der Waals surface area contributed by atoms with Crippen molar-refractivity contribution in [3.63, 3.8) is 0 Å². The summed E-state index contributed by atoms with van der Waals surface area (Å²) in [6.07, 6.45) is 3.02. The van der Waals surface area contributed by atoms with Crippen molar-refractivity contribution < 1.29 is 8.42 Å². The highest BCUT2D eigenvalue weighted by Gasteiger charge is 2.18. The quantitative estimate of drug-likeness (QED) is 0.851. The first-order valence-electron chi connectivity index (χ1n) is 4.76. The summed E-state index contributed by atoms with van der Waals surface area (Å²) in [5.74, 6) is 0.663. The zero-order chi connectivity index (χ0) is 13.1. The lowest BCUT2D eigenvalue weighted by Gasteiger charge is -2.12. The summed E-state index contributed by atoms with van der Waals surface area (Å²) in [6, 6.07) is 0.940. The fraction of sp³-hybridized carbons (Fsp3) is 0.444. The van der Waals surface area contributed by atoms with E-state index >= 15 is 0 Å². The van der Waals surface area contributed by atoms with Crippen LogP contribution in [0.5, 0.6) is 0 Å². The lowest BCUT2D eigenvalue weighted by Crippen LogP contribution is -2.34. The Balaban J connectivity index is 2.97. The van der Waals surface area contributed by atoms with Crippen molar-refractivity contribution in [2.24, 2.45) is 0 Å². The summed E-state index contributed by atoms with van der Waals surface area (Å²) in [4.78, 5) is 13.2. The molecule has 96 valence electrons. The van der Waals surface area contributed by atoms with Gasteiger partial charge in [-0.05, 0) is 19.2 Å². The third-order valence-corrected chi connectivity index (χ3v) is 4.60. The van der Waals surface area contributed by atoms with E-state index in [0.29, 0.717) is 5.75 Å². The van der Waals surface area contributed by atoms with Crippen LogP contribution >= 0.6 is 23.4 Å². The van der Waals surface area contributed by atoms with E-state index in [1.165, 1.54) is 0 Å². The van der Waals surface area contributed by atoms with Crippen molar-refractivity contribution in [2.45, 2.75) is 17.9 Å². The minimum Gasteiger partial charge on any atom is -0.326 e. The van der Waals surface area contributed by atoms with E-state index in [0.717, 1.165) is 12.3 Å². The van der Waals surface area contributed by atoms with E-state index in [4.69, 9.17) is 11.6 Å². The summed E-state index contributed by atoms with van der Waals surface area (Å²) in [6.45, 7) is 1.77. The third kappa shape index (κ3) is 4.02. The van der Waals surface area contributed by atoms with Crippen LogP contribution in [0.4, 0.5) is 0 Å². The maximum atomic E-state index is 11.9. The molecule has 0 bridgehead atoms. The van der Waals surface area contributed by atoms with E-state index in [1.54, 1.807) is 18.7 Å². The number of hydrogen-bond acceptors (Lipinski definition) is 4. The Kier molecular flexibility index (Phi) is 5.05. The molecule has 1 heterocycles. The van der Waals surface area contributed by atoms with Gasteiger partial charge in [0.1, 0.15) is 5.02 Å². The first kappa shape index (κ1) is 14.6. The van der Waals surface area contributed by atoms with Crippen LogP contribution in [0.2, 0.25) is 5.02 Å². The molecule has 0 aromatic carbocycles. The monoisotopic (exact) mass is 296 g/mol. The smallest absolute Gasteiger partial charge is 0.266 e. The molecule has 0 saturated carbocycles. The largest absolute Gasteiger partial charge is 0.326 e. The van der Waals surface area contributed by atoms with Crippen LogP contribution in [0.1, 0.15) is 6.92 Å². The predicted octanol–water partition coefficient (Wildman–Crippen LogP) is 1.06. The average molecular weight is 297 g/mol. The summed E-state index contributed by atoms with van der Waals surface area (Å²) in [5.41, 5.74) is -0.511. The Labute approximate surface area is 109 Å². The summed E-state index contributed by atoms with van der Waals surface area (Å²) >= 11 is 7.12. The highest BCUT2D eigenvalue weighted by Crippen LogP contribution is 2.11. The molecule has 1 atom stereocenters. The maximum absolute atomic E-state index is 11.9. The molecule has 8 heteroatoms. The number of aromatic nitrogens is 1. The van der Waals surface area contributed by atoms with Crippen molar-refractivity contribution >= 4 is 33.4 Å². The van der Waals surface area contributed by atoms with Crippen molar-refractivity contribution in [1.29, 1.82) is 0 Å². The van der Waals surface area contributed by atoms with Crippen molar-refractivity contribution in [3.8, 4) is 0 Å². The van der Waals surface area contributed by atoms with Gasteiger partial charge in [-0.3, -0.25) is 4.79 Å². The molecule has 1 aromatic rings. The fourth-order valence-corrected chi connectivity index (χ4v) is 3.37. The second-order valence-corrected chi connectivity index (χ2v) is 6.52. The summed E-state index contributed by atoms with van der Waals surface area (Å²) in [5, 5.41) is -0.148. The van der Waals surface area contributed by atoms with Crippen LogP contribution < -0.4 is 10.3 Å². The Bertz CT molecular complexity index is 541. The molecule has 0 spiro atoms. The molecule has 1 aromatic heterocycles. The zero-order valence-corrected chi connectivity index (χ0v) is 11.7. The van der Waals surface area contributed by atoms with Crippen LogP contribution in [-0.4, -0.2) is 31.5 Å². The minimum atomic E-state index is -3.64. The zero-order valence-electron chi connectivity index (χ0n) is 9.36. The standard InChI is InChI=1S/C9H13ClN2O3S2/c1-6(5-16-2)12-17(14,15)7-3-8(10)9(13)11-4-7/h3-4,6,12H,5H2,1-2H3,(H,11,13). The Hall–Kier alpha value is -0.500. The van der Waals surface area contributed by atoms with Gasteiger partial charge >= 0.3 is 0 Å². The van der Waals surface area contributed by atoms with Crippen molar-refractivity contribution in [3.05, 3.63) is 27.6 Å². The van der Waals surface area contributed by atoms with E-state index in [9.17, 15) is 13.2 Å². The molecule has 0 saturated heterocycles. The highest BCUT2D eigenvalue weighted by atomic mass is 35.5. The van der Waals surface area contributed by atoms with Gasteiger partial charge in [-0.2, -0.15) is 11.8 Å². The molecule has 2 N–H and O–H groups in total. The number of rotatable bonds is 5.